The molecular formula is C12H14N2O. The van der Waals surface area contributed by atoms with Crippen molar-refractivity contribution in [3.63, 3.8) is 0 Å². The van der Waals surface area contributed by atoms with E-state index in [0.29, 0.717) is 0 Å². The van der Waals surface area contributed by atoms with Crippen LogP contribution in [0.25, 0.3) is 0 Å². The van der Waals surface area contributed by atoms with E-state index < -0.39 is 0 Å². The van der Waals surface area contributed by atoms with Gasteiger partial charge in [0.05, 0.1) is 12.3 Å². The van der Waals surface area contributed by atoms with Crippen LogP contribution in [0.15, 0.2) is 47.3 Å². The molecule has 2 aromatic heterocycles. The predicted molar refractivity (Wildman–Crippen MR) is 58.2 cm³/mol. The Morgan fingerprint density at radius 1 is 1.33 bits per heavy atom. The van der Waals surface area contributed by atoms with Gasteiger partial charge < -0.3 is 9.73 Å². The molecule has 3 heteroatoms. The van der Waals surface area contributed by atoms with Crippen LogP contribution >= 0.6 is 0 Å². The van der Waals surface area contributed by atoms with E-state index in [0.717, 1.165) is 12.3 Å². The highest BCUT2D eigenvalue weighted by atomic mass is 16.3. The molecule has 0 amide bonds. The van der Waals surface area contributed by atoms with Crippen molar-refractivity contribution in [2.45, 2.75) is 19.5 Å². The van der Waals surface area contributed by atoms with Gasteiger partial charge in [-0.1, -0.05) is 0 Å². The quantitative estimate of drug-likeness (QED) is 0.827. The first-order valence-corrected chi connectivity index (χ1v) is 5.02. The van der Waals surface area contributed by atoms with Gasteiger partial charge in [0.2, 0.25) is 0 Å². The van der Waals surface area contributed by atoms with Crippen LogP contribution < -0.4 is 5.32 Å². The summed E-state index contributed by atoms with van der Waals surface area (Å²) in [6.07, 6.45) is 5.29. The summed E-state index contributed by atoms with van der Waals surface area (Å²) in [7, 11) is 0. The number of nitrogens with one attached hydrogen (secondary N) is 1. The summed E-state index contributed by atoms with van der Waals surface area (Å²) in [4.78, 5) is 3.98. The zero-order valence-corrected chi connectivity index (χ0v) is 8.68. The van der Waals surface area contributed by atoms with Gasteiger partial charge in [0.15, 0.2) is 0 Å². The minimum absolute atomic E-state index is 0.230. The molecular weight excluding hydrogens is 188 g/mol. The Morgan fingerprint density at radius 3 is 2.80 bits per heavy atom. The Hall–Kier alpha value is -1.61. The van der Waals surface area contributed by atoms with E-state index in [-0.39, 0.29) is 6.04 Å². The maximum absolute atomic E-state index is 5.31. The van der Waals surface area contributed by atoms with E-state index in [4.69, 9.17) is 4.42 Å². The lowest BCUT2D eigenvalue weighted by Gasteiger charge is -2.10. The molecule has 0 aromatic carbocycles. The smallest absolute Gasteiger partial charge is 0.120 e. The van der Waals surface area contributed by atoms with Crippen molar-refractivity contribution in [2.75, 3.05) is 0 Å². The Balaban J connectivity index is 1.89. The second kappa shape index (κ2) is 4.75. The molecule has 0 bridgehead atoms. The van der Waals surface area contributed by atoms with Crippen LogP contribution in [0.3, 0.4) is 0 Å². The van der Waals surface area contributed by atoms with Gasteiger partial charge in [-0.05, 0) is 36.8 Å². The first-order chi connectivity index (χ1) is 7.36. The van der Waals surface area contributed by atoms with Crippen LogP contribution in [0.1, 0.15) is 24.3 Å². The molecule has 78 valence electrons. The molecule has 0 saturated heterocycles. The predicted octanol–water partition coefficient (Wildman–Crippen LogP) is 2.53. The lowest BCUT2D eigenvalue weighted by atomic mass is 10.2. The summed E-state index contributed by atoms with van der Waals surface area (Å²) in [5.74, 6) is 0.962. The Bertz CT molecular complexity index is 383. The molecule has 0 aliphatic heterocycles. The van der Waals surface area contributed by atoms with Crippen LogP contribution in [-0.4, -0.2) is 4.98 Å². The SMILES string of the molecule is CC(NCc1ccncc1)c1ccco1. The van der Waals surface area contributed by atoms with E-state index >= 15 is 0 Å². The molecule has 0 saturated carbocycles. The maximum Gasteiger partial charge on any atom is 0.120 e. The topological polar surface area (TPSA) is 38.1 Å². The molecule has 1 atom stereocenters. The van der Waals surface area contributed by atoms with Gasteiger partial charge in [-0.25, -0.2) is 0 Å². The number of furan rings is 1. The molecule has 1 unspecified atom stereocenters. The number of aromatic nitrogens is 1. The highest BCUT2D eigenvalue weighted by Gasteiger charge is 2.06. The van der Waals surface area contributed by atoms with Crippen molar-refractivity contribution in [3.05, 3.63) is 54.2 Å². The van der Waals surface area contributed by atoms with Crippen molar-refractivity contribution in [3.8, 4) is 0 Å². The number of hydrogen-bond donors (Lipinski definition) is 1. The number of hydrogen-bond acceptors (Lipinski definition) is 3. The summed E-state index contributed by atoms with van der Waals surface area (Å²) >= 11 is 0. The van der Waals surface area contributed by atoms with E-state index in [1.54, 1.807) is 18.7 Å². The molecule has 2 aromatic rings. The number of pyridine rings is 1. The number of nitrogens with zero attached hydrogens (tertiary/aromatic N) is 1. The van der Waals surface area contributed by atoms with Gasteiger partial charge in [0.1, 0.15) is 5.76 Å². The van der Waals surface area contributed by atoms with E-state index in [1.165, 1.54) is 5.56 Å². The summed E-state index contributed by atoms with van der Waals surface area (Å²) < 4.78 is 5.31. The van der Waals surface area contributed by atoms with Gasteiger partial charge >= 0.3 is 0 Å². The lowest BCUT2D eigenvalue weighted by Crippen LogP contribution is -2.17. The summed E-state index contributed by atoms with van der Waals surface area (Å²) in [6, 6.07) is 8.11. The van der Waals surface area contributed by atoms with Gasteiger partial charge in [-0.3, -0.25) is 4.98 Å². The van der Waals surface area contributed by atoms with Crippen molar-refractivity contribution in [1.82, 2.24) is 10.3 Å². The standard InChI is InChI=1S/C12H14N2O/c1-10(12-3-2-8-15-12)14-9-11-4-6-13-7-5-11/h2-8,10,14H,9H2,1H3. The molecule has 1 N–H and O–H groups in total. The summed E-state index contributed by atoms with van der Waals surface area (Å²) in [5.41, 5.74) is 1.23. The Labute approximate surface area is 89.1 Å². The van der Waals surface area contributed by atoms with Crippen LogP contribution in [0.5, 0.6) is 0 Å². The zero-order chi connectivity index (χ0) is 10.5. The van der Waals surface area contributed by atoms with E-state index in [1.807, 2.05) is 24.3 Å². The second-order valence-electron chi connectivity index (χ2n) is 3.47. The molecule has 2 heterocycles. The van der Waals surface area contributed by atoms with Crippen LogP contribution in [0.4, 0.5) is 0 Å². The van der Waals surface area contributed by atoms with Gasteiger partial charge in [0, 0.05) is 18.9 Å². The minimum Gasteiger partial charge on any atom is -0.468 e. The zero-order valence-electron chi connectivity index (χ0n) is 8.68. The molecule has 15 heavy (non-hydrogen) atoms. The Morgan fingerprint density at radius 2 is 2.13 bits per heavy atom. The van der Waals surface area contributed by atoms with E-state index in [9.17, 15) is 0 Å². The third-order valence-electron chi connectivity index (χ3n) is 2.33. The van der Waals surface area contributed by atoms with Crippen molar-refractivity contribution in [2.24, 2.45) is 0 Å². The molecule has 0 aliphatic rings. The van der Waals surface area contributed by atoms with Crippen molar-refractivity contribution in [1.29, 1.82) is 0 Å². The molecule has 0 aliphatic carbocycles. The average Bonchev–Trinajstić information content (AvgIpc) is 2.81. The fourth-order valence-corrected chi connectivity index (χ4v) is 1.41. The molecule has 0 fully saturated rings. The van der Waals surface area contributed by atoms with Gasteiger partial charge in [0.25, 0.3) is 0 Å². The van der Waals surface area contributed by atoms with Crippen LogP contribution in [0, 0.1) is 0 Å². The summed E-state index contributed by atoms with van der Waals surface area (Å²) in [5, 5.41) is 3.38. The third kappa shape index (κ3) is 2.67. The fourth-order valence-electron chi connectivity index (χ4n) is 1.41. The Kier molecular flexibility index (Phi) is 3.15. The van der Waals surface area contributed by atoms with Gasteiger partial charge in [-0.2, -0.15) is 0 Å². The molecule has 3 nitrogen and oxygen atoms in total. The number of rotatable bonds is 4. The highest BCUT2D eigenvalue weighted by Crippen LogP contribution is 2.12. The lowest BCUT2D eigenvalue weighted by molar-refractivity contribution is 0.430. The first kappa shape index (κ1) is 9.93. The average molecular weight is 202 g/mol. The largest absolute Gasteiger partial charge is 0.468 e. The van der Waals surface area contributed by atoms with Crippen molar-refractivity contribution < 1.29 is 4.42 Å². The van der Waals surface area contributed by atoms with Crippen molar-refractivity contribution >= 4 is 0 Å². The normalized spacial score (nSPS) is 12.6. The van der Waals surface area contributed by atoms with Gasteiger partial charge in [-0.15, -0.1) is 0 Å². The van der Waals surface area contributed by atoms with Crippen LogP contribution in [-0.2, 0) is 6.54 Å². The molecule has 0 radical (unpaired) electrons. The fraction of sp³-hybridized carbons (Fsp3) is 0.250. The minimum atomic E-state index is 0.230. The van der Waals surface area contributed by atoms with E-state index in [2.05, 4.69) is 17.2 Å². The highest BCUT2D eigenvalue weighted by molar-refractivity contribution is 5.10. The third-order valence-corrected chi connectivity index (χ3v) is 2.33. The maximum atomic E-state index is 5.31. The second-order valence-corrected chi connectivity index (χ2v) is 3.47. The summed E-state index contributed by atoms with van der Waals surface area (Å²) in [6.45, 7) is 2.91. The molecule has 2 rings (SSSR count). The monoisotopic (exact) mass is 202 g/mol. The van der Waals surface area contributed by atoms with Crippen LogP contribution in [0.2, 0.25) is 0 Å². The molecule has 0 spiro atoms. The first-order valence-electron chi connectivity index (χ1n) is 5.02.